The molecule has 1 unspecified atom stereocenters. The van der Waals surface area contributed by atoms with E-state index < -0.39 is 11.7 Å². The molecule has 4 heteroatoms. The second-order valence-electron chi connectivity index (χ2n) is 4.41. The van der Waals surface area contributed by atoms with Gasteiger partial charge in [0.15, 0.2) is 17.3 Å². The number of nitrogens with two attached hydrogens (primary N) is 1. The molecule has 0 saturated carbocycles. The number of Topliss-reactive ketones (excluding diaryl/α,β-unsaturated/α-hetero) is 1. The Hall–Kier alpha value is -2.20. The zero-order chi connectivity index (χ0) is 14.5. The fourth-order valence-electron chi connectivity index (χ4n) is 2.10. The average molecular weight is 273 g/mol. The number of hydrogen-bond acceptors (Lipinski definition) is 3. The lowest BCUT2D eigenvalue weighted by Gasteiger charge is -2.14. The van der Waals surface area contributed by atoms with Gasteiger partial charge in [0.1, 0.15) is 0 Å². The lowest BCUT2D eigenvalue weighted by atomic mass is 9.90. The van der Waals surface area contributed by atoms with Crippen molar-refractivity contribution in [2.24, 2.45) is 5.73 Å². The maximum absolute atomic E-state index is 13.7. The number of hydrogen-bond donors (Lipinski definition) is 1. The number of ketones is 1. The molecule has 0 heterocycles. The van der Waals surface area contributed by atoms with E-state index in [1.165, 1.54) is 19.2 Å². The van der Waals surface area contributed by atoms with Crippen molar-refractivity contribution in [3.8, 4) is 5.75 Å². The van der Waals surface area contributed by atoms with Crippen molar-refractivity contribution in [2.75, 3.05) is 13.7 Å². The molecule has 104 valence electrons. The molecule has 0 aliphatic rings. The van der Waals surface area contributed by atoms with Crippen molar-refractivity contribution in [3.63, 3.8) is 0 Å². The van der Waals surface area contributed by atoms with Crippen LogP contribution in [0.2, 0.25) is 0 Å². The van der Waals surface area contributed by atoms with Crippen LogP contribution in [0.4, 0.5) is 4.39 Å². The van der Waals surface area contributed by atoms with Crippen LogP contribution in [0.1, 0.15) is 21.8 Å². The first-order valence-electron chi connectivity index (χ1n) is 6.30. The summed E-state index contributed by atoms with van der Waals surface area (Å²) in [4.78, 5) is 12.4. The second-order valence-corrected chi connectivity index (χ2v) is 4.41. The highest BCUT2D eigenvalue weighted by Gasteiger charge is 2.21. The fraction of sp³-hybridized carbons (Fsp3) is 0.188. The van der Waals surface area contributed by atoms with Gasteiger partial charge < -0.3 is 10.5 Å². The number of carbonyl (C=O) groups excluding carboxylic acids is 1. The van der Waals surface area contributed by atoms with Gasteiger partial charge in [-0.05, 0) is 23.8 Å². The Balaban J connectivity index is 2.32. The van der Waals surface area contributed by atoms with Crippen molar-refractivity contribution in [3.05, 3.63) is 65.5 Å². The lowest BCUT2D eigenvalue weighted by Crippen LogP contribution is -2.22. The SMILES string of the molecule is COc1ccc(C(=O)C(CN)c2ccccc2)cc1F. The lowest BCUT2D eigenvalue weighted by molar-refractivity contribution is 0.0962. The fourth-order valence-corrected chi connectivity index (χ4v) is 2.10. The minimum Gasteiger partial charge on any atom is -0.494 e. The number of halogens is 1. The maximum atomic E-state index is 13.7. The van der Waals surface area contributed by atoms with E-state index in [0.717, 1.165) is 5.56 Å². The van der Waals surface area contributed by atoms with Gasteiger partial charge >= 0.3 is 0 Å². The molecule has 20 heavy (non-hydrogen) atoms. The molecule has 0 amide bonds. The molecular weight excluding hydrogens is 257 g/mol. The average Bonchev–Trinajstić information content (AvgIpc) is 2.49. The molecule has 0 fully saturated rings. The van der Waals surface area contributed by atoms with Gasteiger partial charge in [0.05, 0.1) is 13.0 Å². The Bertz CT molecular complexity index is 599. The highest BCUT2D eigenvalue weighted by atomic mass is 19.1. The molecule has 0 bridgehead atoms. The zero-order valence-electron chi connectivity index (χ0n) is 11.2. The number of rotatable bonds is 5. The molecule has 2 rings (SSSR count). The van der Waals surface area contributed by atoms with E-state index in [1.54, 1.807) is 6.07 Å². The van der Waals surface area contributed by atoms with Crippen LogP contribution in [-0.4, -0.2) is 19.4 Å². The number of benzene rings is 2. The first-order valence-corrected chi connectivity index (χ1v) is 6.30. The first-order chi connectivity index (χ1) is 9.67. The molecule has 2 aromatic carbocycles. The zero-order valence-corrected chi connectivity index (χ0v) is 11.2. The van der Waals surface area contributed by atoms with Gasteiger partial charge in [0, 0.05) is 12.1 Å². The van der Waals surface area contributed by atoms with Gasteiger partial charge in [0.25, 0.3) is 0 Å². The van der Waals surface area contributed by atoms with Crippen LogP contribution in [0.5, 0.6) is 5.75 Å². The summed E-state index contributed by atoms with van der Waals surface area (Å²) in [5.74, 6) is -1.10. The third-order valence-electron chi connectivity index (χ3n) is 3.19. The molecule has 1 atom stereocenters. The van der Waals surface area contributed by atoms with Crippen LogP contribution >= 0.6 is 0 Å². The highest BCUT2D eigenvalue weighted by molar-refractivity contribution is 6.01. The summed E-state index contributed by atoms with van der Waals surface area (Å²) >= 11 is 0. The van der Waals surface area contributed by atoms with E-state index in [9.17, 15) is 9.18 Å². The highest BCUT2D eigenvalue weighted by Crippen LogP contribution is 2.23. The van der Waals surface area contributed by atoms with Crippen LogP contribution < -0.4 is 10.5 Å². The quantitative estimate of drug-likeness (QED) is 0.852. The molecule has 0 aromatic heterocycles. The van der Waals surface area contributed by atoms with Crippen molar-refractivity contribution < 1.29 is 13.9 Å². The third-order valence-corrected chi connectivity index (χ3v) is 3.19. The second kappa shape index (κ2) is 6.30. The standard InChI is InChI=1S/C16H16FNO2/c1-20-15-8-7-12(9-14(15)17)16(19)13(10-18)11-5-3-2-4-6-11/h2-9,13H,10,18H2,1H3. The molecule has 3 nitrogen and oxygen atoms in total. The Morgan fingerprint density at radius 3 is 2.50 bits per heavy atom. The minimum absolute atomic E-state index is 0.116. The van der Waals surface area contributed by atoms with Crippen LogP contribution in [0, 0.1) is 5.82 Å². The monoisotopic (exact) mass is 273 g/mol. The van der Waals surface area contributed by atoms with E-state index in [0.29, 0.717) is 5.56 Å². The van der Waals surface area contributed by atoms with Crippen molar-refractivity contribution in [1.82, 2.24) is 0 Å². The molecule has 0 aliphatic heterocycles. The van der Waals surface area contributed by atoms with E-state index in [4.69, 9.17) is 10.5 Å². The molecule has 0 radical (unpaired) electrons. The van der Waals surface area contributed by atoms with Crippen molar-refractivity contribution in [2.45, 2.75) is 5.92 Å². The van der Waals surface area contributed by atoms with Crippen molar-refractivity contribution >= 4 is 5.78 Å². The predicted molar refractivity (Wildman–Crippen MR) is 75.5 cm³/mol. The summed E-state index contributed by atoms with van der Waals surface area (Å²) in [7, 11) is 1.38. The van der Waals surface area contributed by atoms with Gasteiger partial charge in [-0.2, -0.15) is 0 Å². The van der Waals surface area contributed by atoms with E-state index in [1.807, 2.05) is 30.3 Å². The van der Waals surface area contributed by atoms with Gasteiger partial charge in [0.2, 0.25) is 0 Å². The van der Waals surface area contributed by atoms with Crippen molar-refractivity contribution in [1.29, 1.82) is 0 Å². The maximum Gasteiger partial charge on any atom is 0.171 e. The molecule has 2 N–H and O–H groups in total. The molecule has 0 spiro atoms. The Morgan fingerprint density at radius 1 is 1.25 bits per heavy atom. The number of ether oxygens (including phenoxy) is 1. The van der Waals surface area contributed by atoms with Gasteiger partial charge in [-0.3, -0.25) is 4.79 Å². The molecule has 0 saturated heterocycles. The summed E-state index contributed by atoms with van der Waals surface area (Å²) in [6, 6.07) is 13.4. The molecular formula is C16H16FNO2. The minimum atomic E-state index is -0.554. The van der Waals surface area contributed by atoms with Gasteiger partial charge in [-0.15, -0.1) is 0 Å². The Kier molecular flexibility index (Phi) is 4.48. The van der Waals surface area contributed by atoms with Crippen LogP contribution in [0.15, 0.2) is 48.5 Å². The van der Waals surface area contributed by atoms with Crippen LogP contribution in [0.3, 0.4) is 0 Å². The third kappa shape index (κ3) is 2.86. The number of carbonyl (C=O) groups is 1. The molecule has 0 aliphatic carbocycles. The Morgan fingerprint density at radius 2 is 1.95 bits per heavy atom. The van der Waals surface area contributed by atoms with Gasteiger partial charge in [-0.1, -0.05) is 30.3 Å². The molecule has 2 aromatic rings. The number of methoxy groups -OCH3 is 1. The summed E-state index contributed by atoms with van der Waals surface area (Å²) in [6.07, 6.45) is 0. The van der Waals surface area contributed by atoms with Crippen LogP contribution in [-0.2, 0) is 0 Å². The van der Waals surface area contributed by atoms with E-state index in [2.05, 4.69) is 0 Å². The summed E-state index contributed by atoms with van der Waals surface area (Å²) in [6.45, 7) is 0.177. The first kappa shape index (κ1) is 14.2. The summed E-state index contributed by atoms with van der Waals surface area (Å²) < 4.78 is 18.5. The van der Waals surface area contributed by atoms with E-state index >= 15 is 0 Å². The topological polar surface area (TPSA) is 52.3 Å². The summed E-state index contributed by atoms with van der Waals surface area (Å²) in [5, 5.41) is 0. The van der Waals surface area contributed by atoms with Crippen LogP contribution in [0.25, 0.3) is 0 Å². The summed E-state index contributed by atoms with van der Waals surface area (Å²) in [5.41, 5.74) is 6.82. The van der Waals surface area contributed by atoms with E-state index in [-0.39, 0.29) is 18.1 Å². The smallest absolute Gasteiger partial charge is 0.171 e. The Labute approximate surface area is 117 Å². The normalized spacial score (nSPS) is 11.9. The van der Waals surface area contributed by atoms with Gasteiger partial charge in [-0.25, -0.2) is 4.39 Å². The predicted octanol–water partition coefficient (Wildman–Crippen LogP) is 2.76. The largest absolute Gasteiger partial charge is 0.494 e.